The van der Waals surface area contributed by atoms with Gasteiger partial charge in [-0.3, -0.25) is 4.79 Å². The van der Waals surface area contributed by atoms with Crippen molar-refractivity contribution >= 4 is 52.6 Å². The number of benzene rings is 2. The van der Waals surface area contributed by atoms with Gasteiger partial charge in [0, 0.05) is 30.9 Å². The zero-order chi connectivity index (χ0) is 28.1. The Morgan fingerprint density at radius 2 is 1.76 bits per heavy atom. The van der Waals surface area contributed by atoms with Crippen LogP contribution in [0.4, 0.5) is 25.4 Å². The van der Waals surface area contributed by atoms with Crippen LogP contribution in [0.2, 0.25) is 10.0 Å². The highest BCUT2D eigenvalue weighted by Crippen LogP contribution is 2.37. The molecule has 38 heavy (non-hydrogen) atoms. The first kappa shape index (κ1) is 29.3. The van der Waals surface area contributed by atoms with Crippen molar-refractivity contribution in [2.75, 3.05) is 24.3 Å². The predicted octanol–water partition coefficient (Wildman–Crippen LogP) is 7.32. The number of allylic oxidation sites excluding steroid dienone is 1. The number of nitrogens with one attached hydrogen (secondary N) is 1. The molecule has 2 fully saturated rings. The van der Waals surface area contributed by atoms with E-state index in [2.05, 4.69) is 5.32 Å². The molecule has 1 aliphatic carbocycles. The number of carbonyl (C=O) groups is 3. The third-order valence-electron chi connectivity index (χ3n) is 5.89. The molecule has 0 spiro atoms. The summed E-state index contributed by atoms with van der Waals surface area (Å²) in [4.78, 5) is 37.7. The Morgan fingerprint density at radius 3 is 2.32 bits per heavy atom. The van der Waals surface area contributed by atoms with Crippen LogP contribution in [0.1, 0.15) is 45.1 Å². The highest BCUT2D eigenvalue weighted by atomic mass is 35.5. The Bertz CT molecular complexity index is 1270. The molecule has 0 radical (unpaired) electrons. The summed E-state index contributed by atoms with van der Waals surface area (Å²) in [5.41, 5.74) is 2.01. The van der Waals surface area contributed by atoms with E-state index in [1.54, 1.807) is 34.0 Å². The Labute approximate surface area is 231 Å². The minimum atomic E-state index is -0.941. The lowest BCUT2D eigenvalue weighted by atomic mass is 10.2. The zero-order valence-corrected chi connectivity index (χ0v) is 23.4. The largest absolute Gasteiger partial charge is 0.489 e. The molecule has 2 aromatic carbocycles. The highest BCUT2D eigenvalue weighted by molar-refractivity contribution is 6.32. The fourth-order valence-electron chi connectivity index (χ4n) is 3.76. The van der Waals surface area contributed by atoms with Gasteiger partial charge in [-0.1, -0.05) is 29.3 Å². The molecule has 2 aromatic rings. The molecule has 4 amide bonds. The van der Waals surface area contributed by atoms with E-state index in [0.717, 1.165) is 37.3 Å². The van der Waals surface area contributed by atoms with Crippen LogP contribution in [-0.2, 0) is 9.53 Å². The maximum atomic E-state index is 14.3. The van der Waals surface area contributed by atoms with Crippen LogP contribution < -0.4 is 15.0 Å². The second kappa shape index (κ2) is 12.5. The molecule has 4 rings (SSSR count). The molecule has 0 aromatic heterocycles. The van der Waals surface area contributed by atoms with Crippen molar-refractivity contribution < 1.29 is 28.2 Å². The predicted molar refractivity (Wildman–Crippen MR) is 146 cm³/mol. The molecule has 1 heterocycles. The number of ether oxygens (including phenoxy) is 2. The van der Waals surface area contributed by atoms with Crippen LogP contribution in [-0.4, -0.2) is 43.1 Å². The van der Waals surface area contributed by atoms with E-state index in [4.69, 9.17) is 32.7 Å². The van der Waals surface area contributed by atoms with E-state index in [9.17, 15) is 18.8 Å². The smallest absolute Gasteiger partial charge is 0.427 e. The van der Waals surface area contributed by atoms with E-state index >= 15 is 0 Å². The summed E-state index contributed by atoms with van der Waals surface area (Å²) in [6.45, 7) is 5.19. The summed E-state index contributed by atoms with van der Waals surface area (Å²) in [6, 6.07) is 7.59. The van der Waals surface area contributed by atoms with E-state index < -0.39 is 17.8 Å². The van der Waals surface area contributed by atoms with Crippen LogP contribution in [0, 0.1) is 12.7 Å². The summed E-state index contributed by atoms with van der Waals surface area (Å²) in [5, 5.41) is 3.47. The summed E-state index contributed by atoms with van der Waals surface area (Å²) < 4.78 is 25.1. The maximum Gasteiger partial charge on any atom is 0.427 e. The van der Waals surface area contributed by atoms with Crippen molar-refractivity contribution in [2.45, 2.75) is 52.6 Å². The van der Waals surface area contributed by atoms with Crippen molar-refractivity contribution in [3.05, 3.63) is 63.1 Å². The minimum Gasteiger partial charge on any atom is -0.489 e. The number of halogens is 3. The molecular weight excluding hydrogens is 536 g/mol. The normalized spacial score (nSPS) is 15.2. The zero-order valence-electron chi connectivity index (χ0n) is 21.9. The Balaban J connectivity index is 0.000000244. The van der Waals surface area contributed by atoms with Gasteiger partial charge in [0.15, 0.2) is 5.76 Å². The lowest BCUT2D eigenvalue weighted by Gasteiger charge is -2.18. The van der Waals surface area contributed by atoms with Crippen molar-refractivity contribution in [2.24, 2.45) is 0 Å². The van der Waals surface area contributed by atoms with Gasteiger partial charge in [-0.2, -0.15) is 0 Å². The average molecular weight is 566 g/mol. The molecular formula is C27H30Cl2FN3O5. The first-order valence-corrected chi connectivity index (χ1v) is 12.8. The number of nitrogens with zero attached hydrogens (tertiary/aromatic N) is 2. The van der Waals surface area contributed by atoms with Crippen LogP contribution in [0.15, 0.2) is 41.7 Å². The van der Waals surface area contributed by atoms with E-state index in [-0.39, 0.29) is 34.4 Å². The molecule has 0 unspecified atom stereocenters. The van der Waals surface area contributed by atoms with Crippen LogP contribution in [0.3, 0.4) is 0 Å². The fourth-order valence-corrected chi connectivity index (χ4v) is 4.13. The van der Waals surface area contributed by atoms with Gasteiger partial charge < -0.3 is 19.7 Å². The number of rotatable bonds is 4. The summed E-state index contributed by atoms with van der Waals surface area (Å²) >= 11 is 12.0. The van der Waals surface area contributed by atoms with Crippen molar-refractivity contribution in [1.29, 1.82) is 0 Å². The second-order valence-electron chi connectivity index (χ2n) is 9.38. The standard InChI is InChI=1S/C17H17ClFNO4.C10H13ClN2O/c1-9(2)15-16(21)20(17(22)24-15)13-8-14(11(18)7-12(13)19)23-10-5-3-4-6-10;1-7-4-5-8(6-9(7)11)12-10(14)13(2)3/h7-8,10H,3-6H2,1-2H3;4-6H,1-3H3,(H,12,14). The SMILES string of the molecule is CC(C)=C1OC(=O)N(c2cc(OC3CCCC3)c(Cl)cc2F)C1=O.Cc1ccc(NC(=O)N(C)C)cc1Cl. The number of hydrogen-bond acceptors (Lipinski definition) is 5. The Hall–Kier alpha value is -3.30. The number of cyclic esters (lactones) is 1. The van der Waals surface area contributed by atoms with E-state index in [1.165, 1.54) is 11.0 Å². The third kappa shape index (κ3) is 6.96. The summed E-state index contributed by atoms with van der Waals surface area (Å²) in [5.74, 6) is -1.33. The van der Waals surface area contributed by atoms with Gasteiger partial charge >= 0.3 is 18.0 Å². The van der Waals surface area contributed by atoms with Gasteiger partial charge in [-0.15, -0.1) is 0 Å². The van der Waals surface area contributed by atoms with Gasteiger partial charge in [-0.05, 0) is 75.8 Å². The first-order valence-electron chi connectivity index (χ1n) is 12.0. The lowest BCUT2D eigenvalue weighted by molar-refractivity contribution is -0.114. The van der Waals surface area contributed by atoms with Crippen molar-refractivity contribution in [1.82, 2.24) is 4.90 Å². The molecule has 0 atom stereocenters. The number of anilines is 2. The molecule has 0 bridgehead atoms. The summed E-state index contributed by atoms with van der Waals surface area (Å²) in [6.07, 6.45) is 3.00. The van der Waals surface area contributed by atoms with Crippen molar-refractivity contribution in [3.8, 4) is 5.75 Å². The second-order valence-corrected chi connectivity index (χ2v) is 10.2. The monoisotopic (exact) mass is 565 g/mol. The van der Waals surface area contributed by atoms with Gasteiger partial charge in [0.1, 0.15) is 11.6 Å². The van der Waals surface area contributed by atoms with Gasteiger partial charge in [0.2, 0.25) is 0 Å². The summed E-state index contributed by atoms with van der Waals surface area (Å²) in [7, 11) is 3.37. The Kier molecular flexibility index (Phi) is 9.62. The molecule has 1 N–H and O–H groups in total. The molecule has 2 aliphatic rings. The van der Waals surface area contributed by atoms with Crippen LogP contribution in [0.5, 0.6) is 5.75 Å². The molecule has 8 nitrogen and oxygen atoms in total. The minimum absolute atomic E-state index is 0.00962. The number of imide groups is 1. The maximum absolute atomic E-state index is 14.3. The molecule has 1 aliphatic heterocycles. The third-order valence-corrected chi connectivity index (χ3v) is 6.59. The fraction of sp³-hybridized carbons (Fsp3) is 0.370. The van der Waals surface area contributed by atoms with E-state index in [1.807, 2.05) is 19.1 Å². The van der Waals surface area contributed by atoms with Crippen molar-refractivity contribution in [3.63, 3.8) is 0 Å². The van der Waals surface area contributed by atoms with Gasteiger partial charge in [0.25, 0.3) is 0 Å². The number of hydrogen-bond donors (Lipinski definition) is 1. The molecule has 1 saturated carbocycles. The average Bonchev–Trinajstić information content (AvgIpc) is 3.46. The van der Waals surface area contributed by atoms with Crippen LogP contribution >= 0.6 is 23.2 Å². The number of carbonyl (C=O) groups excluding carboxylic acids is 3. The first-order chi connectivity index (χ1) is 17.9. The molecule has 204 valence electrons. The number of urea groups is 1. The van der Waals surface area contributed by atoms with Gasteiger partial charge in [0.05, 0.1) is 16.8 Å². The van der Waals surface area contributed by atoms with Crippen LogP contribution in [0.25, 0.3) is 0 Å². The number of amides is 4. The Morgan fingerprint density at radius 1 is 1.11 bits per heavy atom. The van der Waals surface area contributed by atoms with Gasteiger partial charge in [-0.25, -0.2) is 18.9 Å². The van der Waals surface area contributed by atoms with E-state index in [0.29, 0.717) is 21.2 Å². The topological polar surface area (TPSA) is 88.2 Å². The lowest BCUT2D eigenvalue weighted by Crippen LogP contribution is -2.29. The number of aryl methyl sites for hydroxylation is 1. The highest BCUT2D eigenvalue weighted by Gasteiger charge is 2.40. The molecule has 1 saturated heterocycles. The quantitative estimate of drug-likeness (QED) is 0.392. The molecule has 11 heteroatoms.